The van der Waals surface area contributed by atoms with E-state index in [2.05, 4.69) is 4.98 Å². The Hall–Kier alpha value is -0.840. The number of nitrogens with two attached hydrogens (primary N) is 1. The van der Waals surface area contributed by atoms with Crippen LogP contribution >= 0.6 is 24.8 Å². The van der Waals surface area contributed by atoms with Gasteiger partial charge in [0.25, 0.3) is 0 Å². The average molecular weight is 294 g/mol. The number of carbonyl (C=O) groups excluding carboxylic acids is 1. The van der Waals surface area contributed by atoms with Crippen LogP contribution in [0.5, 0.6) is 0 Å². The molecule has 0 bridgehead atoms. The molecule has 0 aliphatic heterocycles. The van der Waals surface area contributed by atoms with Crippen LogP contribution in [0, 0.1) is 5.92 Å². The third-order valence-corrected chi connectivity index (χ3v) is 2.52. The second kappa shape index (κ2) is 9.14. The van der Waals surface area contributed by atoms with Crippen LogP contribution in [-0.4, -0.2) is 28.9 Å². The molecule has 0 aliphatic carbocycles. The van der Waals surface area contributed by atoms with Gasteiger partial charge >= 0.3 is 0 Å². The minimum Gasteiger partial charge on any atom is -0.340 e. The number of hydrogen-bond acceptors (Lipinski definition) is 3. The van der Waals surface area contributed by atoms with E-state index in [1.165, 1.54) is 0 Å². The van der Waals surface area contributed by atoms with Gasteiger partial charge in [0.05, 0.1) is 6.04 Å². The van der Waals surface area contributed by atoms with E-state index in [0.29, 0.717) is 6.54 Å². The fraction of sp³-hybridized carbons (Fsp3) is 0.500. The molecule has 0 fully saturated rings. The zero-order chi connectivity index (χ0) is 12.1. The lowest BCUT2D eigenvalue weighted by Crippen LogP contribution is -2.44. The molecule has 1 aromatic heterocycles. The van der Waals surface area contributed by atoms with E-state index in [1.807, 2.05) is 26.0 Å². The van der Waals surface area contributed by atoms with E-state index in [1.54, 1.807) is 24.3 Å². The molecule has 1 atom stereocenters. The zero-order valence-electron chi connectivity index (χ0n) is 10.9. The summed E-state index contributed by atoms with van der Waals surface area (Å²) in [7, 11) is 1.76. The van der Waals surface area contributed by atoms with Gasteiger partial charge in [0, 0.05) is 26.0 Å². The van der Waals surface area contributed by atoms with E-state index >= 15 is 0 Å². The van der Waals surface area contributed by atoms with Crippen LogP contribution in [-0.2, 0) is 11.3 Å². The number of aromatic nitrogens is 1. The minimum absolute atomic E-state index is 0. The first kappa shape index (κ1) is 19.5. The Morgan fingerprint density at radius 3 is 2.50 bits per heavy atom. The first-order chi connectivity index (χ1) is 7.52. The maximum absolute atomic E-state index is 11.9. The first-order valence-electron chi connectivity index (χ1n) is 5.42. The van der Waals surface area contributed by atoms with Crippen LogP contribution < -0.4 is 5.73 Å². The molecule has 0 aromatic carbocycles. The van der Waals surface area contributed by atoms with Crippen LogP contribution in [0.2, 0.25) is 0 Å². The van der Waals surface area contributed by atoms with Gasteiger partial charge in [-0.25, -0.2) is 0 Å². The Labute approximate surface area is 121 Å². The normalized spacial score (nSPS) is 11.2. The van der Waals surface area contributed by atoms with Crippen LogP contribution in [0.15, 0.2) is 24.5 Å². The molecule has 0 radical (unpaired) electrons. The molecule has 1 aromatic rings. The van der Waals surface area contributed by atoms with Crippen molar-refractivity contribution >= 4 is 30.7 Å². The zero-order valence-corrected chi connectivity index (χ0v) is 12.5. The lowest BCUT2D eigenvalue weighted by molar-refractivity contribution is -0.132. The fourth-order valence-electron chi connectivity index (χ4n) is 1.38. The Kier molecular flexibility index (Phi) is 9.90. The van der Waals surface area contributed by atoms with Crippen LogP contribution in [0.3, 0.4) is 0 Å². The molecule has 2 N–H and O–H groups in total. The Morgan fingerprint density at radius 2 is 2.06 bits per heavy atom. The number of pyridine rings is 1. The van der Waals surface area contributed by atoms with E-state index in [9.17, 15) is 4.79 Å². The summed E-state index contributed by atoms with van der Waals surface area (Å²) in [6.45, 7) is 4.44. The van der Waals surface area contributed by atoms with Gasteiger partial charge < -0.3 is 10.6 Å². The number of likely N-dealkylation sites (N-methyl/N-ethyl adjacent to an activating group) is 1. The van der Waals surface area contributed by atoms with Crippen molar-refractivity contribution in [3.8, 4) is 0 Å². The third-order valence-electron chi connectivity index (χ3n) is 2.52. The van der Waals surface area contributed by atoms with Crippen molar-refractivity contribution in [2.45, 2.75) is 26.4 Å². The largest absolute Gasteiger partial charge is 0.340 e. The second-order valence-electron chi connectivity index (χ2n) is 4.33. The maximum Gasteiger partial charge on any atom is 0.239 e. The molecule has 6 heteroatoms. The molecule has 0 spiro atoms. The van der Waals surface area contributed by atoms with Gasteiger partial charge in [0.15, 0.2) is 0 Å². The van der Waals surface area contributed by atoms with Crippen molar-refractivity contribution in [1.29, 1.82) is 0 Å². The number of carbonyl (C=O) groups is 1. The summed E-state index contributed by atoms with van der Waals surface area (Å²) >= 11 is 0. The summed E-state index contributed by atoms with van der Waals surface area (Å²) in [4.78, 5) is 17.5. The molecule has 0 aliphatic rings. The van der Waals surface area contributed by atoms with Crippen molar-refractivity contribution in [3.63, 3.8) is 0 Å². The monoisotopic (exact) mass is 293 g/mol. The summed E-state index contributed by atoms with van der Waals surface area (Å²) in [5, 5.41) is 0. The van der Waals surface area contributed by atoms with E-state index in [-0.39, 0.29) is 36.6 Å². The summed E-state index contributed by atoms with van der Waals surface area (Å²) in [5.41, 5.74) is 6.82. The summed E-state index contributed by atoms with van der Waals surface area (Å²) in [6, 6.07) is 3.37. The third kappa shape index (κ3) is 5.67. The predicted molar refractivity (Wildman–Crippen MR) is 78.0 cm³/mol. The molecular weight excluding hydrogens is 273 g/mol. The molecule has 18 heavy (non-hydrogen) atoms. The van der Waals surface area contributed by atoms with Crippen LogP contribution in [0.25, 0.3) is 0 Å². The summed E-state index contributed by atoms with van der Waals surface area (Å²) in [6.07, 6.45) is 3.47. The summed E-state index contributed by atoms with van der Waals surface area (Å²) < 4.78 is 0. The quantitative estimate of drug-likeness (QED) is 0.922. The topological polar surface area (TPSA) is 59.2 Å². The highest BCUT2D eigenvalue weighted by atomic mass is 35.5. The highest BCUT2D eigenvalue weighted by Crippen LogP contribution is 2.06. The predicted octanol–water partition coefficient (Wildman–Crippen LogP) is 1.87. The van der Waals surface area contributed by atoms with Crippen LogP contribution in [0.1, 0.15) is 19.4 Å². The molecule has 0 saturated carbocycles. The standard InChI is InChI=1S/C12H19N3O.2ClH/c1-9(2)11(13)12(16)15(3)8-10-5-4-6-14-7-10;;/h4-7,9,11H,8,13H2,1-3H3;2*1H. The number of amides is 1. The maximum atomic E-state index is 11.9. The van der Waals surface area contributed by atoms with Gasteiger partial charge in [-0.1, -0.05) is 19.9 Å². The Bertz CT molecular complexity index is 346. The highest BCUT2D eigenvalue weighted by Gasteiger charge is 2.20. The molecule has 1 unspecified atom stereocenters. The molecular formula is C12H21Cl2N3O. The van der Waals surface area contributed by atoms with E-state index in [4.69, 9.17) is 5.73 Å². The van der Waals surface area contributed by atoms with Gasteiger partial charge in [0.1, 0.15) is 0 Å². The number of rotatable bonds is 4. The SMILES string of the molecule is CC(C)C(N)C(=O)N(C)Cc1cccnc1.Cl.Cl. The molecule has 1 heterocycles. The molecule has 4 nitrogen and oxygen atoms in total. The second-order valence-corrected chi connectivity index (χ2v) is 4.33. The van der Waals surface area contributed by atoms with Crippen molar-refractivity contribution in [2.75, 3.05) is 7.05 Å². The minimum atomic E-state index is -0.429. The number of hydrogen-bond donors (Lipinski definition) is 1. The van der Waals surface area contributed by atoms with Gasteiger partial charge in [-0.2, -0.15) is 0 Å². The van der Waals surface area contributed by atoms with Crippen LogP contribution in [0.4, 0.5) is 0 Å². The smallest absolute Gasteiger partial charge is 0.239 e. The summed E-state index contributed by atoms with van der Waals surface area (Å²) in [5.74, 6) is 0.128. The highest BCUT2D eigenvalue weighted by molar-refractivity contribution is 5.85. The van der Waals surface area contributed by atoms with Crippen molar-refractivity contribution < 1.29 is 4.79 Å². The molecule has 1 amide bonds. The molecule has 1 rings (SSSR count). The number of halogens is 2. The lowest BCUT2D eigenvalue weighted by Gasteiger charge is -2.23. The fourth-order valence-corrected chi connectivity index (χ4v) is 1.38. The van der Waals surface area contributed by atoms with Gasteiger partial charge in [0.2, 0.25) is 5.91 Å². The average Bonchev–Trinajstić information content (AvgIpc) is 2.28. The number of nitrogens with zero attached hydrogens (tertiary/aromatic N) is 2. The van der Waals surface area contributed by atoms with Gasteiger partial charge in [-0.05, 0) is 17.5 Å². The first-order valence-corrected chi connectivity index (χ1v) is 5.42. The lowest BCUT2D eigenvalue weighted by atomic mass is 10.0. The Morgan fingerprint density at radius 1 is 1.44 bits per heavy atom. The molecule has 104 valence electrons. The Balaban J connectivity index is 0. The van der Waals surface area contributed by atoms with E-state index < -0.39 is 6.04 Å². The van der Waals surface area contributed by atoms with Gasteiger partial charge in [-0.3, -0.25) is 9.78 Å². The van der Waals surface area contributed by atoms with Gasteiger partial charge in [-0.15, -0.1) is 24.8 Å². The van der Waals surface area contributed by atoms with Crippen molar-refractivity contribution in [1.82, 2.24) is 9.88 Å². The molecule has 0 saturated heterocycles. The van der Waals surface area contributed by atoms with Crippen molar-refractivity contribution in [3.05, 3.63) is 30.1 Å². The van der Waals surface area contributed by atoms with Crippen molar-refractivity contribution in [2.24, 2.45) is 11.7 Å². The van der Waals surface area contributed by atoms with E-state index in [0.717, 1.165) is 5.56 Å².